The average Bonchev–Trinajstić information content (AvgIpc) is 2.41. The summed E-state index contributed by atoms with van der Waals surface area (Å²) < 4.78 is 0. The van der Waals surface area contributed by atoms with E-state index in [2.05, 4.69) is 34.0 Å². The molecule has 0 saturated carbocycles. The lowest BCUT2D eigenvalue weighted by Crippen LogP contribution is -2.40. The van der Waals surface area contributed by atoms with Crippen molar-refractivity contribution in [1.82, 2.24) is 15.3 Å². The van der Waals surface area contributed by atoms with E-state index in [1.807, 2.05) is 13.2 Å². The SMILES string of the molecule is CCC1CCCCN1c1ncc(CNC)c(C)n1. The molecule has 0 spiro atoms. The zero-order valence-electron chi connectivity index (χ0n) is 11.7. The second kappa shape index (κ2) is 6.14. The molecule has 0 aliphatic carbocycles. The minimum absolute atomic E-state index is 0.619. The van der Waals surface area contributed by atoms with E-state index in [9.17, 15) is 0 Å². The fourth-order valence-corrected chi connectivity index (χ4v) is 2.67. The summed E-state index contributed by atoms with van der Waals surface area (Å²) in [4.78, 5) is 11.6. The molecule has 0 amide bonds. The minimum atomic E-state index is 0.619. The Morgan fingerprint density at radius 3 is 2.94 bits per heavy atom. The van der Waals surface area contributed by atoms with E-state index in [1.165, 1.54) is 31.2 Å². The van der Waals surface area contributed by atoms with Crippen LogP contribution in [0.3, 0.4) is 0 Å². The number of aryl methyl sites for hydroxylation is 1. The van der Waals surface area contributed by atoms with E-state index in [-0.39, 0.29) is 0 Å². The van der Waals surface area contributed by atoms with Gasteiger partial charge in [0.25, 0.3) is 0 Å². The summed E-state index contributed by atoms with van der Waals surface area (Å²) in [5.41, 5.74) is 2.28. The van der Waals surface area contributed by atoms with Gasteiger partial charge in [0.1, 0.15) is 0 Å². The number of aromatic nitrogens is 2. The topological polar surface area (TPSA) is 41.1 Å². The lowest BCUT2D eigenvalue weighted by Gasteiger charge is -2.35. The highest BCUT2D eigenvalue weighted by Crippen LogP contribution is 2.24. The minimum Gasteiger partial charge on any atom is -0.338 e. The Morgan fingerprint density at radius 1 is 1.44 bits per heavy atom. The molecule has 1 aromatic rings. The van der Waals surface area contributed by atoms with Crippen molar-refractivity contribution in [2.75, 3.05) is 18.5 Å². The van der Waals surface area contributed by atoms with Crippen molar-refractivity contribution in [3.63, 3.8) is 0 Å². The number of nitrogens with zero attached hydrogens (tertiary/aromatic N) is 3. The predicted molar refractivity (Wildman–Crippen MR) is 74.8 cm³/mol. The van der Waals surface area contributed by atoms with Crippen molar-refractivity contribution in [2.24, 2.45) is 0 Å². The van der Waals surface area contributed by atoms with Crippen LogP contribution in [0.15, 0.2) is 6.20 Å². The monoisotopic (exact) mass is 248 g/mol. The molecule has 2 rings (SSSR count). The molecule has 0 aromatic carbocycles. The standard InChI is InChI=1S/C14H24N4/c1-4-13-7-5-6-8-18(13)14-16-10-12(9-15-3)11(2)17-14/h10,13,15H,4-9H2,1-3H3. The molecule has 18 heavy (non-hydrogen) atoms. The maximum absolute atomic E-state index is 4.69. The molecule has 1 fully saturated rings. The largest absolute Gasteiger partial charge is 0.338 e. The van der Waals surface area contributed by atoms with Crippen molar-refractivity contribution in [2.45, 2.75) is 52.1 Å². The van der Waals surface area contributed by atoms with Crippen LogP contribution in [0, 0.1) is 6.92 Å². The van der Waals surface area contributed by atoms with Gasteiger partial charge >= 0.3 is 0 Å². The maximum Gasteiger partial charge on any atom is 0.225 e. The van der Waals surface area contributed by atoms with Gasteiger partial charge in [0.2, 0.25) is 5.95 Å². The van der Waals surface area contributed by atoms with Crippen LogP contribution < -0.4 is 10.2 Å². The van der Waals surface area contributed by atoms with Crippen LogP contribution in [0.25, 0.3) is 0 Å². The first-order valence-electron chi connectivity index (χ1n) is 7.00. The molecular formula is C14H24N4. The molecule has 1 unspecified atom stereocenters. The van der Waals surface area contributed by atoms with Crippen molar-refractivity contribution in [1.29, 1.82) is 0 Å². The molecule has 100 valence electrons. The van der Waals surface area contributed by atoms with Gasteiger partial charge < -0.3 is 10.2 Å². The number of piperidine rings is 1. The van der Waals surface area contributed by atoms with Gasteiger partial charge in [0.05, 0.1) is 0 Å². The molecule has 2 heterocycles. The quantitative estimate of drug-likeness (QED) is 0.887. The Kier molecular flexibility index (Phi) is 4.53. The van der Waals surface area contributed by atoms with Crippen LogP contribution >= 0.6 is 0 Å². The molecule has 4 nitrogen and oxygen atoms in total. The van der Waals surface area contributed by atoms with Gasteiger partial charge in [-0.3, -0.25) is 0 Å². The van der Waals surface area contributed by atoms with Crippen LogP contribution in [0.1, 0.15) is 43.9 Å². The molecular weight excluding hydrogens is 224 g/mol. The molecule has 0 bridgehead atoms. The zero-order chi connectivity index (χ0) is 13.0. The number of hydrogen-bond acceptors (Lipinski definition) is 4. The van der Waals surface area contributed by atoms with Gasteiger partial charge in [0.15, 0.2) is 0 Å². The summed E-state index contributed by atoms with van der Waals surface area (Å²) in [5, 5.41) is 3.15. The highest BCUT2D eigenvalue weighted by molar-refractivity contribution is 5.35. The number of rotatable bonds is 4. The first kappa shape index (κ1) is 13.3. The summed E-state index contributed by atoms with van der Waals surface area (Å²) >= 11 is 0. The highest BCUT2D eigenvalue weighted by Gasteiger charge is 2.23. The molecule has 1 aromatic heterocycles. The molecule has 0 radical (unpaired) electrons. The van der Waals surface area contributed by atoms with Gasteiger partial charge in [0, 0.05) is 36.6 Å². The van der Waals surface area contributed by atoms with Crippen molar-refractivity contribution in [3.8, 4) is 0 Å². The molecule has 1 aliphatic rings. The Morgan fingerprint density at radius 2 is 2.28 bits per heavy atom. The molecule has 1 N–H and O–H groups in total. The fraction of sp³-hybridized carbons (Fsp3) is 0.714. The van der Waals surface area contributed by atoms with E-state index in [4.69, 9.17) is 0 Å². The third-order valence-electron chi connectivity index (χ3n) is 3.79. The van der Waals surface area contributed by atoms with Gasteiger partial charge in [-0.25, -0.2) is 9.97 Å². The smallest absolute Gasteiger partial charge is 0.225 e. The zero-order valence-corrected chi connectivity index (χ0v) is 11.7. The van der Waals surface area contributed by atoms with Gasteiger partial charge in [-0.15, -0.1) is 0 Å². The van der Waals surface area contributed by atoms with Crippen LogP contribution in [-0.2, 0) is 6.54 Å². The number of nitrogens with one attached hydrogen (secondary N) is 1. The van der Waals surface area contributed by atoms with Crippen LogP contribution in [0.4, 0.5) is 5.95 Å². The average molecular weight is 248 g/mol. The normalized spacial score (nSPS) is 20.2. The van der Waals surface area contributed by atoms with E-state index in [0.717, 1.165) is 24.7 Å². The molecule has 1 saturated heterocycles. The summed E-state index contributed by atoms with van der Waals surface area (Å²) in [6, 6.07) is 0.619. The summed E-state index contributed by atoms with van der Waals surface area (Å²) in [6.45, 7) is 6.26. The van der Waals surface area contributed by atoms with Gasteiger partial charge in [-0.1, -0.05) is 6.92 Å². The van der Waals surface area contributed by atoms with Gasteiger partial charge in [-0.2, -0.15) is 0 Å². The summed E-state index contributed by atoms with van der Waals surface area (Å²) in [7, 11) is 1.95. The first-order chi connectivity index (χ1) is 8.76. The molecule has 1 aliphatic heterocycles. The number of hydrogen-bond donors (Lipinski definition) is 1. The lowest BCUT2D eigenvalue weighted by atomic mass is 10.0. The lowest BCUT2D eigenvalue weighted by molar-refractivity contribution is 0.442. The highest BCUT2D eigenvalue weighted by atomic mass is 15.3. The Balaban J connectivity index is 2.19. The third-order valence-corrected chi connectivity index (χ3v) is 3.79. The van der Waals surface area contributed by atoms with E-state index < -0.39 is 0 Å². The number of anilines is 1. The Hall–Kier alpha value is -1.16. The van der Waals surface area contributed by atoms with Crippen molar-refractivity contribution in [3.05, 3.63) is 17.5 Å². The second-order valence-electron chi connectivity index (χ2n) is 5.06. The fourth-order valence-electron chi connectivity index (χ4n) is 2.67. The maximum atomic E-state index is 4.69. The first-order valence-corrected chi connectivity index (χ1v) is 7.00. The van der Waals surface area contributed by atoms with Crippen LogP contribution in [0.5, 0.6) is 0 Å². The van der Waals surface area contributed by atoms with Gasteiger partial charge in [-0.05, 0) is 39.7 Å². The van der Waals surface area contributed by atoms with E-state index in [1.54, 1.807) is 0 Å². The molecule has 1 atom stereocenters. The Labute approximate surface area is 110 Å². The summed E-state index contributed by atoms with van der Waals surface area (Å²) in [6.07, 6.45) is 7.02. The van der Waals surface area contributed by atoms with E-state index >= 15 is 0 Å². The third kappa shape index (κ3) is 2.80. The van der Waals surface area contributed by atoms with Crippen molar-refractivity contribution < 1.29 is 0 Å². The van der Waals surface area contributed by atoms with Crippen LogP contribution in [0.2, 0.25) is 0 Å². The van der Waals surface area contributed by atoms with Crippen LogP contribution in [-0.4, -0.2) is 29.6 Å². The van der Waals surface area contributed by atoms with Crippen molar-refractivity contribution >= 4 is 5.95 Å². The Bertz CT molecular complexity index is 391. The predicted octanol–water partition coefficient (Wildman–Crippen LogP) is 2.27. The summed E-state index contributed by atoms with van der Waals surface area (Å²) in [5.74, 6) is 0.916. The molecule has 4 heteroatoms. The second-order valence-corrected chi connectivity index (χ2v) is 5.06. The van der Waals surface area contributed by atoms with E-state index in [0.29, 0.717) is 6.04 Å².